The molecule has 2 atom stereocenters. The zero-order chi connectivity index (χ0) is 22.0. The van der Waals surface area contributed by atoms with E-state index in [1.807, 2.05) is 55.5 Å². The Bertz CT molecular complexity index is 1100. The molecule has 0 saturated heterocycles. The molecular weight excluding hydrogens is 390 g/mol. The SMILES string of the molecule is CCCCCN1C(=O)[C@@H](C(=O)OCC)[C@H](c2cccc(C)c2)n2c1nc1ccccc12. The van der Waals surface area contributed by atoms with Gasteiger partial charge in [-0.15, -0.1) is 0 Å². The van der Waals surface area contributed by atoms with Crippen LogP contribution >= 0.6 is 0 Å². The summed E-state index contributed by atoms with van der Waals surface area (Å²) in [6.07, 6.45) is 2.91. The summed E-state index contributed by atoms with van der Waals surface area (Å²) in [7, 11) is 0. The topological polar surface area (TPSA) is 64.4 Å². The van der Waals surface area contributed by atoms with E-state index < -0.39 is 17.9 Å². The van der Waals surface area contributed by atoms with Crippen molar-refractivity contribution in [2.45, 2.75) is 46.1 Å². The number of imidazole rings is 1. The molecule has 0 fully saturated rings. The summed E-state index contributed by atoms with van der Waals surface area (Å²) < 4.78 is 7.45. The van der Waals surface area contributed by atoms with Crippen molar-refractivity contribution in [3.8, 4) is 0 Å². The standard InChI is InChI=1S/C25H29N3O3/c1-4-6-9-15-27-23(29)21(24(30)31-5-2)22(18-12-10-11-17(3)16-18)28-20-14-8-7-13-19(20)26-25(27)28/h7-8,10-14,16,21-22H,4-6,9,15H2,1-3H3/t21-,22-/m0/s1. The molecule has 0 spiro atoms. The number of nitrogens with zero attached hydrogens (tertiary/aromatic N) is 3. The van der Waals surface area contributed by atoms with Gasteiger partial charge < -0.3 is 9.30 Å². The van der Waals surface area contributed by atoms with Crippen molar-refractivity contribution in [1.29, 1.82) is 0 Å². The average Bonchev–Trinajstić information content (AvgIpc) is 3.14. The van der Waals surface area contributed by atoms with E-state index in [0.717, 1.165) is 41.4 Å². The van der Waals surface area contributed by atoms with Crippen LogP contribution in [0.5, 0.6) is 0 Å². The number of ether oxygens (including phenoxy) is 1. The largest absolute Gasteiger partial charge is 0.465 e. The van der Waals surface area contributed by atoms with Gasteiger partial charge in [0.05, 0.1) is 23.7 Å². The maximum Gasteiger partial charge on any atom is 0.321 e. The number of aryl methyl sites for hydroxylation is 1. The molecule has 6 heteroatoms. The molecule has 0 saturated carbocycles. The molecule has 0 radical (unpaired) electrons. The molecule has 2 aromatic carbocycles. The summed E-state index contributed by atoms with van der Waals surface area (Å²) in [5, 5.41) is 0. The van der Waals surface area contributed by atoms with Gasteiger partial charge in [0.1, 0.15) is 0 Å². The molecule has 1 amide bonds. The van der Waals surface area contributed by atoms with Crippen LogP contribution in [0.1, 0.15) is 50.3 Å². The van der Waals surface area contributed by atoms with E-state index in [-0.39, 0.29) is 12.5 Å². The van der Waals surface area contributed by atoms with Gasteiger partial charge in [0.25, 0.3) is 0 Å². The molecule has 4 rings (SSSR count). The van der Waals surface area contributed by atoms with Gasteiger partial charge in [0.15, 0.2) is 5.92 Å². The van der Waals surface area contributed by atoms with E-state index in [0.29, 0.717) is 12.5 Å². The van der Waals surface area contributed by atoms with Crippen LogP contribution in [-0.4, -0.2) is 34.6 Å². The lowest BCUT2D eigenvalue weighted by Crippen LogP contribution is -2.50. The van der Waals surface area contributed by atoms with Crippen molar-refractivity contribution >= 4 is 28.9 Å². The number of amides is 1. The number of hydrogen-bond donors (Lipinski definition) is 0. The molecule has 0 unspecified atom stereocenters. The van der Waals surface area contributed by atoms with Gasteiger partial charge in [-0.25, -0.2) is 4.98 Å². The number of rotatable bonds is 7. The lowest BCUT2D eigenvalue weighted by Gasteiger charge is -2.38. The second-order valence-corrected chi connectivity index (χ2v) is 8.06. The van der Waals surface area contributed by atoms with E-state index in [2.05, 4.69) is 11.5 Å². The molecule has 1 aromatic heterocycles. The van der Waals surface area contributed by atoms with Gasteiger partial charge >= 0.3 is 5.97 Å². The quantitative estimate of drug-likeness (QED) is 0.318. The summed E-state index contributed by atoms with van der Waals surface area (Å²) >= 11 is 0. The fourth-order valence-electron chi connectivity index (χ4n) is 4.43. The summed E-state index contributed by atoms with van der Waals surface area (Å²) in [5.41, 5.74) is 3.70. The zero-order valence-corrected chi connectivity index (χ0v) is 18.4. The number of anilines is 1. The first-order valence-electron chi connectivity index (χ1n) is 11.1. The molecule has 162 valence electrons. The van der Waals surface area contributed by atoms with Gasteiger partial charge in [-0.3, -0.25) is 14.5 Å². The highest BCUT2D eigenvalue weighted by atomic mass is 16.5. The van der Waals surface area contributed by atoms with E-state index >= 15 is 0 Å². The van der Waals surface area contributed by atoms with Crippen LogP contribution in [0.4, 0.5) is 5.95 Å². The highest BCUT2D eigenvalue weighted by Gasteiger charge is 2.47. The minimum atomic E-state index is -0.950. The molecular formula is C25H29N3O3. The Morgan fingerprint density at radius 1 is 1.10 bits per heavy atom. The number of unbranched alkanes of at least 4 members (excludes halogenated alkanes) is 2. The van der Waals surface area contributed by atoms with Crippen LogP contribution in [0, 0.1) is 12.8 Å². The number of carbonyl (C=O) groups is 2. The Morgan fingerprint density at radius 2 is 1.90 bits per heavy atom. The highest BCUT2D eigenvalue weighted by Crippen LogP contribution is 2.41. The van der Waals surface area contributed by atoms with Crippen LogP contribution in [0.2, 0.25) is 0 Å². The minimum Gasteiger partial charge on any atom is -0.465 e. The molecule has 6 nitrogen and oxygen atoms in total. The average molecular weight is 420 g/mol. The number of carbonyl (C=O) groups excluding carboxylic acids is 2. The summed E-state index contributed by atoms with van der Waals surface area (Å²) in [5.74, 6) is -1.06. The summed E-state index contributed by atoms with van der Waals surface area (Å²) in [6, 6.07) is 15.3. The Morgan fingerprint density at radius 3 is 2.65 bits per heavy atom. The Hall–Kier alpha value is -3.15. The van der Waals surface area contributed by atoms with Crippen LogP contribution < -0.4 is 4.90 Å². The van der Waals surface area contributed by atoms with Gasteiger partial charge in [-0.05, 0) is 38.0 Å². The zero-order valence-electron chi connectivity index (χ0n) is 18.4. The van der Waals surface area contributed by atoms with E-state index in [1.54, 1.807) is 11.8 Å². The number of hydrogen-bond acceptors (Lipinski definition) is 4. The number of aromatic nitrogens is 2. The number of benzene rings is 2. The normalized spacial score (nSPS) is 18.3. The molecule has 0 aliphatic carbocycles. The van der Waals surface area contributed by atoms with Crippen molar-refractivity contribution in [3.05, 3.63) is 59.7 Å². The van der Waals surface area contributed by atoms with Gasteiger partial charge in [0, 0.05) is 6.54 Å². The number of esters is 1. The number of fused-ring (bicyclic) bond motifs is 3. The van der Waals surface area contributed by atoms with Crippen molar-refractivity contribution in [1.82, 2.24) is 9.55 Å². The smallest absolute Gasteiger partial charge is 0.321 e. The predicted molar refractivity (Wildman–Crippen MR) is 121 cm³/mol. The van der Waals surface area contributed by atoms with Crippen molar-refractivity contribution in [3.63, 3.8) is 0 Å². The molecule has 1 aliphatic heterocycles. The van der Waals surface area contributed by atoms with E-state index in [9.17, 15) is 9.59 Å². The fourth-order valence-corrected chi connectivity index (χ4v) is 4.43. The van der Waals surface area contributed by atoms with Crippen molar-refractivity contribution in [2.24, 2.45) is 5.92 Å². The molecule has 0 bridgehead atoms. The first-order valence-corrected chi connectivity index (χ1v) is 11.1. The molecule has 1 aliphatic rings. The van der Waals surface area contributed by atoms with E-state index in [1.165, 1.54) is 0 Å². The van der Waals surface area contributed by atoms with Crippen LogP contribution in [0.15, 0.2) is 48.5 Å². The Balaban J connectivity index is 1.94. The third-order valence-electron chi connectivity index (χ3n) is 5.85. The number of para-hydroxylation sites is 2. The molecule has 31 heavy (non-hydrogen) atoms. The predicted octanol–water partition coefficient (Wildman–Crippen LogP) is 4.65. The second kappa shape index (κ2) is 8.92. The molecule has 0 N–H and O–H groups in total. The maximum absolute atomic E-state index is 13.7. The second-order valence-electron chi connectivity index (χ2n) is 8.06. The molecule has 3 aromatic rings. The third kappa shape index (κ3) is 3.82. The first-order chi connectivity index (χ1) is 15.1. The van der Waals surface area contributed by atoms with Gasteiger partial charge in [-0.1, -0.05) is 61.7 Å². The summed E-state index contributed by atoms with van der Waals surface area (Å²) in [6.45, 7) is 6.67. The minimum absolute atomic E-state index is 0.233. The van der Waals surface area contributed by atoms with Crippen LogP contribution in [0.25, 0.3) is 11.0 Å². The van der Waals surface area contributed by atoms with Gasteiger partial charge in [0.2, 0.25) is 11.9 Å². The van der Waals surface area contributed by atoms with Crippen LogP contribution in [-0.2, 0) is 14.3 Å². The van der Waals surface area contributed by atoms with Crippen LogP contribution in [0.3, 0.4) is 0 Å². The van der Waals surface area contributed by atoms with Crippen molar-refractivity contribution < 1.29 is 14.3 Å². The fraction of sp³-hybridized carbons (Fsp3) is 0.400. The van der Waals surface area contributed by atoms with Gasteiger partial charge in [-0.2, -0.15) is 0 Å². The highest BCUT2D eigenvalue weighted by molar-refractivity contribution is 6.08. The lowest BCUT2D eigenvalue weighted by atomic mass is 9.88. The lowest BCUT2D eigenvalue weighted by molar-refractivity contribution is -0.153. The Kier molecular flexibility index (Phi) is 6.07. The molecule has 2 heterocycles. The Labute approximate surface area is 182 Å². The summed E-state index contributed by atoms with van der Waals surface area (Å²) in [4.78, 5) is 33.3. The maximum atomic E-state index is 13.7. The third-order valence-corrected chi connectivity index (χ3v) is 5.85. The monoisotopic (exact) mass is 419 g/mol. The first kappa shape index (κ1) is 21.1. The van der Waals surface area contributed by atoms with E-state index in [4.69, 9.17) is 9.72 Å². The van der Waals surface area contributed by atoms with Crippen molar-refractivity contribution in [2.75, 3.05) is 18.1 Å².